The average Bonchev–Trinajstić information content (AvgIpc) is 3.25. The number of aryl methyl sites for hydroxylation is 1. The van der Waals surface area contributed by atoms with Gasteiger partial charge < -0.3 is 19.5 Å². The number of anilines is 1. The molecule has 1 spiro atoms. The van der Waals surface area contributed by atoms with Gasteiger partial charge in [0.25, 0.3) is 5.91 Å². The third kappa shape index (κ3) is 7.01. The number of β-amino-alcohol motifs (C(OH)–C–C–N with tert-alkyl or cyclic N) is 1. The molecule has 4 heterocycles. The standard InChI is InChI=1S/C41H57ClN4O5S/c1-28-6-4-15-41(48,26-44-16-17-45-18-19-50-24-34(45)23-44)36-11-8-32(36)22-46-25-40(14-5-7-30-20-33(42)10-12-35(30)40)27-51-38-13-9-31(21-37(38)46)39(47)43-52(3,49)29(28)2/h9-10,12-13,20-21,28-29,32,34,36,48H,3-8,11,14-19,22-27H2,1-2H3,(H,43,47,49)/t28-,29+,32-,34-,36+,40-,41-,52?/m0/s1. The third-order valence-corrected chi connectivity index (χ3v) is 16.2. The van der Waals surface area contributed by atoms with Crippen LogP contribution in [0.1, 0.15) is 80.3 Å². The van der Waals surface area contributed by atoms with Gasteiger partial charge in [0.05, 0.1) is 40.8 Å². The fraction of sp³-hybridized carbons (Fsp3) is 0.659. The number of ether oxygens (including phenoxy) is 2. The van der Waals surface area contributed by atoms with E-state index in [4.69, 9.17) is 21.1 Å². The van der Waals surface area contributed by atoms with E-state index in [0.29, 0.717) is 37.1 Å². The number of morpholine rings is 1. The Hall–Kier alpha value is -2.34. The molecule has 284 valence electrons. The lowest BCUT2D eigenvalue weighted by Gasteiger charge is -2.53. The number of piperazine rings is 1. The molecule has 2 aliphatic carbocycles. The number of nitrogens with zero attached hydrogens (tertiary/aromatic N) is 3. The highest BCUT2D eigenvalue weighted by molar-refractivity contribution is 7.99. The van der Waals surface area contributed by atoms with Gasteiger partial charge in [-0.05, 0) is 117 Å². The summed E-state index contributed by atoms with van der Waals surface area (Å²) in [5, 5.41) is 13.4. The van der Waals surface area contributed by atoms with Crippen LogP contribution >= 0.6 is 11.6 Å². The second-order valence-corrected chi connectivity index (χ2v) is 19.9. The number of fused-ring (bicyclic) bond motifs is 5. The van der Waals surface area contributed by atoms with Crippen LogP contribution in [-0.2, 0) is 26.3 Å². The number of hydrogen-bond donors (Lipinski definition) is 2. The number of carbonyl (C=O) groups excluding carboxylic acids is 1. The van der Waals surface area contributed by atoms with Gasteiger partial charge in [-0.1, -0.05) is 31.0 Å². The molecule has 2 bridgehead atoms. The number of nitrogens with one attached hydrogen (secondary N) is 1. The zero-order valence-corrected chi connectivity index (χ0v) is 32.6. The summed E-state index contributed by atoms with van der Waals surface area (Å²) in [5.74, 6) is 4.95. The van der Waals surface area contributed by atoms with E-state index >= 15 is 0 Å². The largest absolute Gasteiger partial charge is 0.490 e. The first-order chi connectivity index (χ1) is 24.9. The van der Waals surface area contributed by atoms with Gasteiger partial charge in [-0.3, -0.25) is 19.3 Å². The second kappa shape index (κ2) is 14.4. The zero-order valence-electron chi connectivity index (χ0n) is 31.0. The summed E-state index contributed by atoms with van der Waals surface area (Å²) < 4.78 is 29.4. The molecule has 4 aliphatic heterocycles. The molecule has 8 atom stereocenters. The highest BCUT2D eigenvalue weighted by Gasteiger charge is 2.50. The SMILES string of the molecule is C=S1(=O)NC(=O)c2ccc3c(c2)N(C[C@@H]2CC[C@H]2[C@@](O)(CN2CCN4CCOC[C@@H]4C2)CCC[C@H](C)[C@H]1C)C[C@@]1(CCCc2cc(Cl)ccc21)CO3. The second-order valence-electron chi connectivity index (χ2n) is 17.1. The zero-order chi connectivity index (χ0) is 36.3. The molecular formula is C41H57ClN4O5S. The van der Waals surface area contributed by atoms with Gasteiger partial charge in [0, 0.05) is 73.1 Å². The van der Waals surface area contributed by atoms with Crippen molar-refractivity contribution in [3.8, 4) is 5.75 Å². The lowest BCUT2D eigenvalue weighted by Crippen LogP contribution is -2.62. The minimum absolute atomic E-state index is 0.0583. The molecule has 2 saturated heterocycles. The molecular weight excluding hydrogens is 696 g/mol. The van der Waals surface area contributed by atoms with Crippen LogP contribution in [0.3, 0.4) is 0 Å². The molecule has 52 heavy (non-hydrogen) atoms. The topological polar surface area (TPSA) is 94.6 Å². The van der Waals surface area contributed by atoms with Crippen LogP contribution in [0.4, 0.5) is 5.69 Å². The summed E-state index contributed by atoms with van der Waals surface area (Å²) >= 11 is 6.51. The molecule has 3 fully saturated rings. The van der Waals surface area contributed by atoms with Gasteiger partial charge in [0.2, 0.25) is 0 Å². The Labute approximate surface area is 315 Å². The molecule has 1 amide bonds. The number of halogens is 1. The maximum absolute atomic E-state index is 14.0. The minimum Gasteiger partial charge on any atom is -0.490 e. The maximum Gasteiger partial charge on any atom is 0.262 e. The monoisotopic (exact) mass is 752 g/mol. The van der Waals surface area contributed by atoms with E-state index in [1.165, 1.54) is 11.1 Å². The van der Waals surface area contributed by atoms with Gasteiger partial charge in [-0.2, -0.15) is 0 Å². The summed E-state index contributed by atoms with van der Waals surface area (Å²) in [5.41, 5.74) is 2.83. The fourth-order valence-corrected chi connectivity index (χ4v) is 12.1. The van der Waals surface area contributed by atoms with E-state index in [1.807, 2.05) is 25.1 Å². The van der Waals surface area contributed by atoms with Crippen LogP contribution in [0.5, 0.6) is 5.75 Å². The summed E-state index contributed by atoms with van der Waals surface area (Å²) in [6.45, 7) is 12.2. The first kappa shape index (κ1) is 36.6. The van der Waals surface area contributed by atoms with E-state index in [0.717, 1.165) is 114 Å². The van der Waals surface area contributed by atoms with Gasteiger partial charge in [-0.25, -0.2) is 4.21 Å². The molecule has 8 rings (SSSR count). The fourth-order valence-electron chi connectivity index (χ4n) is 10.4. The predicted molar refractivity (Wildman–Crippen MR) is 209 cm³/mol. The maximum atomic E-state index is 14.0. The lowest BCUT2D eigenvalue weighted by molar-refractivity contribution is -0.120. The molecule has 1 unspecified atom stereocenters. The van der Waals surface area contributed by atoms with Gasteiger partial charge in [0.15, 0.2) is 0 Å². The lowest BCUT2D eigenvalue weighted by atomic mass is 9.62. The van der Waals surface area contributed by atoms with E-state index in [9.17, 15) is 14.1 Å². The van der Waals surface area contributed by atoms with E-state index < -0.39 is 15.3 Å². The van der Waals surface area contributed by atoms with Crippen molar-refractivity contribution in [3.63, 3.8) is 0 Å². The summed E-state index contributed by atoms with van der Waals surface area (Å²) in [4.78, 5) is 21.3. The molecule has 2 aromatic carbocycles. The Bertz CT molecular complexity index is 1770. The van der Waals surface area contributed by atoms with Crippen molar-refractivity contribution in [1.82, 2.24) is 14.5 Å². The summed E-state index contributed by atoms with van der Waals surface area (Å²) in [6.07, 6.45) is 7.42. The molecule has 9 nitrogen and oxygen atoms in total. The molecule has 1 saturated carbocycles. The number of amides is 1. The Balaban J connectivity index is 1.16. The first-order valence-corrected chi connectivity index (χ1v) is 21.9. The van der Waals surface area contributed by atoms with Crippen LogP contribution < -0.4 is 14.4 Å². The summed E-state index contributed by atoms with van der Waals surface area (Å²) in [6, 6.07) is 12.3. The van der Waals surface area contributed by atoms with Crippen LogP contribution in [0, 0.1) is 17.8 Å². The Kier molecular flexibility index (Phi) is 10.1. The normalized spacial score (nSPS) is 37.4. The van der Waals surface area contributed by atoms with Crippen molar-refractivity contribution >= 4 is 38.8 Å². The Morgan fingerprint density at radius 1 is 1.06 bits per heavy atom. The van der Waals surface area contributed by atoms with E-state index in [2.05, 4.69) is 44.3 Å². The molecule has 0 aromatic heterocycles. The van der Waals surface area contributed by atoms with Crippen molar-refractivity contribution < 1.29 is 23.6 Å². The van der Waals surface area contributed by atoms with Crippen molar-refractivity contribution in [3.05, 3.63) is 58.1 Å². The van der Waals surface area contributed by atoms with Gasteiger partial charge in [-0.15, -0.1) is 0 Å². The number of hydrogen-bond acceptors (Lipinski definition) is 8. The van der Waals surface area contributed by atoms with Crippen molar-refractivity contribution in [2.75, 3.05) is 70.5 Å². The van der Waals surface area contributed by atoms with E-state index in [-0.39, 0.29) is 28.4 Å². The molecule has 2 N–H and O–H groups in total. The number of benzene rings is 2. The number of carbonyl (C=O) groups is 1. The van der Waals surface area contributed by atoms with Gasteiger partial charge in [0.1, 0.15) is 5.75 Å². The third-order valence-electron chi connectivity index (χ3n) is 13.8. The van der Waals surface area contributed by atoms with Crippen molar-refractivity contribution in [1.29, 1.82) is 0 Å². The van der Waals surface area contributed by atoms with Crippen molar-refractivity contribution in [2.45, 2.75) is 87.5 Å². The summed E-state index contributed by atoms with van der Waals surface area (Å²) in [7, 11) is -2.95. The first-order valence-electron chi connectivity index (χ1n) is 19.7. The molecule has 2 aromatic rings. The average molecular weight is 753 g/mol. The van der Waals surface area contributed by atoms with Gasteiger partial charge >= 0.3 is 0 Å². The Morgan fingerprint density at radius 2 is 1.92 bits per heavy atom. The highest BCUT2D eigenvalue weighted by atomic mass is 35.5. The van der Waals surface area contributed by atoms with Crippen molar-refractivity contribution in [2.24, 2.45) is 17.8 Å². The number of aliphatic hydroxyl groups is 1. The Morgan fingerprint density at radius 3 is 2.75 bits per heavy atom. The minimum atomic E-state index is -2.95. The predicted octanol–water partition coefficient (Wildman–Crippen LogP) is 5.16. The molecule has 0 radical (unpaired) electrons. The van der Waals surface area contributed by atoms with E-state index in [1.54, 1.807) is 6.07 Å². The van der Waals surface area contributed by atoms with Crippen LogP contribution in [-0.4, -0.2) is 113 Å². The highest BCUT2D eigenvalue weighted by Crippen LogP contribution is 2.49. The number of rotatable bonds is 2. The molecule has 11 heteroatoms. The van der Waals surface area contributed by atoms with Crippen LogP contribution in [0.25, 0.3) is 0 Å². The quantitative estimate of drug-likeness (QED) is 0.407. The van der Waals surface area contributed by atoms with Crippen LogP contribution in [0.2, 0.25) is 5.02 Å². The smallest absolute Gasteiger partial charge is 0.262 e. The molecule has 6 aliphatic rings. The van der Waals surface area contributed by atoms with Crippen LogP contribution in [0.15, 0.2) is 36.4 Å².